The molecule has 2 saturated heterocycles. The van der Waals surface area contributed by atoms with Gasteiger partial charge in [0.2, 0.25) is 5.91 Å². The van der Waals surface area contributed by atoms with Crippen LogP contribution in [0.15, 0.2) is 24.4 Å². The van der Waals surface area contributed by atoms with E-state index in [1.807, 2.05) is 23.2 Å². The Morgan fingerprint density at radius 2 is 2.21 bits per heavy atom. The topological polar surface area (TPSA) is 45.7 Å². The molecule has 3 heterocycles. The van der Waals surface area contributed by atoms with Gasteiger partial charge in [-0.1, -0.05) is 6.07 Å². The predicted molar refractivity (Wildman–Crippen MR) is 93.5 cm³/mol. The van der Waals surface area contributed by atoms with Gasteiger partial charge in [0.05, 0.1) is 11.3 Å². The van der Waals surface area contributed by atoms with Crippen LogP contribution in [0.5, 0.6) is 0 Å². The number of nitrogens with zero attached hydrogens (tertiary/aromatic N) is 3. The Morgan fingerprint density at radius 1 is 1.42 bits per heavy atom. The molecule has 5 nitrogen and oxygen atoms in total. The second-order valence-electron chi connectivity index (χ2n) is 7.08. The Kier molecular flexibility index (Phi) is 5.51. The van der Waals surface area contributed by atoms with Gasteiger partial charge in [-0.25, -0.2) is 0 Å². The van der Waals surface area contributed by atoms with Gasteiger partial charge in [0, 0.05) is 51.9 Å². The van der Waals surface area contributed by atoms with Gasteiger partial charge < -0.3 is 9.64 Å². The molecule has 24 heavy (non-hydrogen) atoms. The molecule has 1 amide bonds. The van der Waals surface area contributed by atoms with Crippen LogP contribution in [0.2, 0.25) is 0 Å². The number of carbonyl (C=O) groups is 1. The molecule has 2 fully saturated rings. The van der Waals surface area contributed by atoms with E-state index in [4.69, 9.17) is 4.74 Å². The van der Waals surface area contributed by atoms with Gasteiger partial charge >= 0.3 is 0 Å². The lowest BCUT2D eigenvalue weighted by Gasteiger charge is -2.48. The third kappa shape index (κ3) is 3.95. The van der Waals surface area contributed by atoms with Crippen molar-refractivity contribution in [2.45, 2.75) is 57.7 Å². The number of piperidine rings is 1. The molecule has 1 atom stereocenters. The van der Waals surface area contributed by atoms with E-state index in [0.29, 0.717) is 6.04 Å². The molecule has 0 radical (unpaired) electrons. The number of rotatable bonds is 4. The van der Waals surface area contributed by atoms with Crippen LogP contribution >= 0.6 is 0 Å². The highest BCUT2D eigenvalue weighted by Crippen LogP contribution is 2.37. The van der Waals surface area contributed by atoms with E-state index in [9.17, 15) is 4.79 Å². The molecule has 0 bridgehead atoms. The zero-order valence-electron chi connectivity index (χ0n) is 14.9. The highest BCUT2D eigenvalue weighted by Gasteiger charge is 2.42. The van der Waals surface area contributed by atoms with Gasteiger partial charge in [0.1, 0.15) is 0 Å². The smallest absolute Gasteiger partial charge is 0.219 e. The summed E-state index contributed by atoms with van der Waals surface area (Å²) in [5, 5.41) is 0. The summed E-state index contributed by atoms with van der Waals surface area (Å²) in [5.74, 6) is 0.187. The Morgan fingerprint density at radius 3 is 2.83 bits per heavy atom. The Labute approximate surface area is 145 Å². The molecule has 5 heteroatoms. The molecular formula is C19H29N3O2. The van der Waals surface area contributed by atoms with Crippen molar-refractivity contribution in [1.29, 1.82) is 0 Å². The summed E-state index contributed by atoms with van der Waals surface area (Å²) in [5.41, 5.74) is 1.09. The van der Waals surface area contributed by atoms with E-state index in [-0.39, 0.29) is 11.5 Å². The van der Waals surface area contributed by atoms with Crippen molar-refractivity contribution >= 4 is 5.91 Å². The normalized spacial score (nSPS) is 24.0. The lowest BCUT2D eigenvalue weighted by molar-refractivity contribution is -0.149. The summed E-state index contributed by atoms with van der Waals surface area (Å²) in [6.07, 6.45) is 5.90. The summed E-state index contributed by atoms with van der Waals surface area (Å²) in [6, 6.07) is 6.43. The minimum atomic E-state index is -0.0353. The molecule has 0 aliphatic carbocycles. The van der Waals surface area contributed by atoms with Crippen molar-refractivity contribution < 1.29 is 9.53 Å². The zero-order chi connectivity index (χ0) is 17.0. The van der Waals surface area contributed by atoms with Crippen LogP contribution in [-0.2, 0) is 16.1 Å². The van der Waals surface area contributed by atoms with E-state index in [1.54, 1.807) is 6.92 Å². The van der Waals surface area contributed by atoms with Gasteiger partial charge in [-0.2, -0.15) is 0 Å². The Bertz CT molecular complexity index is 541. The number of ether oxygens (including phenoxy) is 1. The van der Waals surface area contributed by atoms with Gasteiger partial charge in [0.25, 0.3) is 0 Å². The lowest BCUT2D eigenvalue weighted by atomic mass is 9.81. The van der Waals surface area contributed by atoms with Crippen molar-refractivity contribution in [3.8, 4) is 0 Å². The van der Waals surface area contributed by atoms with E-state index in [2.05, 4.69) is 22.9 Å². The van der Waals surface area contributed by atoms with Crippen molar-refractivity contribution in [1.82, 2.24) is 14.8 Å². The molecular weight excluding hydrogens is 302 g/mol. The average Bonchev–Trinajstić information content (AvgIpc) is 2.59. The second-order valence-corrected chi connectivity index (χ2v) is 7.08. The van der Waals surface area contributed by atoms with Crippen LogP contribution < -0.4 is 0 Å². The maximum atomic E-state index is 11.9. The van der Waals surface area contributed by atoms with Gasteiger partial charge in [-0.05, 0) is 44.7 Å². The van der Waals surface area contributed by atoms with Gasteiger partial charge in [-0.3, -0.25) is 14.7 Å². The third-order valence-corrected chi connectivity index (χ3v) is 5.53. The third-order valence-electron chi connectivity index (χ3n) is 5.53. The van der Waals surface area contributed by atoms with Crippen molar-refractivity contribution in [2.75, 3.05) is 26.2 Å². The summed E-state index contributed by atoms with van der Waals surface area (Å²) in [6.45, 7) is 8.30. The summed E-state index contributed by atoms with van der Waals surface area (Å²) in [4.78, 5) is 20.8. The fourth-order valence-electron chi connectivity index (χ4n) is 4.19. The number of hydrogen-bond acceptors (Lipinski definition) is 4. The van der Waals surface area contributed by atoms with Crippen LogP contribution in [0.1, 0.15) is 45.2 Å². The minimum Gasteiger partial charge on any atom is -0.375 e. The molecule has 3 rings (SSSR count). The Balaban J connectivity index is 1.57. The number of amides is 1. The quantitative estimate of drug-likeness (QED) is 0.850. The maximum Gasteiger partial charge on any atom is 0.219 e. The predicted octanol–water partition coefficient (Wildman–Crippen LogP) is 2.46. The first-order chi connectivity index (χ1) is 11.6. The molecule has 0 saturated carbocycles. The van der Waals surface area contributed by atoms with Gasteiger partial charge in [-0.15, -0.1) is 0 Å². The fraction of sp³-hybridized carbons (Fsp3) is 0.684. The van der Waals surface area contributed by atoms with Crippen LogP contribution in [0.3, 0.4) is 0 Å². The molecule has 1 unspecified atom stereocenters. The molecule has 1 spiro atoms. The highest BCUT2D eigenvalue weighted by atomic mass is 16.5. The number of likely N-dealkylation sites (tertiary alicyclic amines) is 1. The highest BCUT2D eigenvalue weighted by molar-refractivity contribution is 5.73. The average molecular weight is 331 g/mol. The molecule has 0 N–H and O–H groups in total. The van der Waals surface area contributed by atoms with Crippen molar-refractivity contribution in [3.05, 3.63) is 30.1 Å². The van der Waals surface area contributed by atoms with E-state index >= 15 is 0 Å². The summed E-state index contributed by atoms with van der Waals surface area (Å²) >= 11 is 0. The molecule has 1 aromatic rings. The first-order valence-electron chi connectivity index (χ1n) is 9.15. The van der Waals surface area contributed by atoms with E-state index in [0.717, 1.165) is 64.2 Å². The first kappa shape index (κ1) is 17.4. The molecule has 0 aromatic carbocycles. The van der Waals surface area contributed by atoms with Crippen LogP contribution in [-0.4, -0.2) is 58.6 Å². The molecule has 132 valence electrons. The monoisotopic (exact) mass is 331 g/mol. The molecule has 1 aromatic heterocycles. The standard InChI is InChI=1S/C19H29N3O2/c1-3-22(16(2)23)18-7-13-24-19(14-18)8-11-21(12-9-19)15-17-6-4-5-10-20-17/h4-6,10,18H,3,7-9,11-15H2,1-2H3. The van der Waals surface area contributed by atoms with Crippen LogP contribution in [0.4, 0.5) is 0 Å². The van der Waals surface area contributed by atoms with Crippen LogP contribution in [0, 0.1) is 0 Å². The van der Waals surface area contributed by atoms with Crippen molar-refractivity contribution in [3.63, 3.8) is 0 Å². The first-order valence-corrected chi connectivity index (χ1v) is 9.15. The Hall–Kier alpha value is -1.46. The molecule has 2 aliphatic rings. The summed E-state index contributed by atoms with van der Waals surface area (Å²) in [7, 11) is 0. The van der Waals surface area contributed by atoms with E-state index in [1.165, 1.54) is 0 Å². The second kappa shape index (κ2) is 7.62. The van der Waals surface area contributed by atoms with Crippen molar-refractivity contribution in [2.24, 2.45) is 0 Å². The zero-order valence-corrected chi connectivity index (χ0v) is 14.9. The minimum absolute atomic E-state index is 0.0353. The number of pyridine rings is 1. The number of hydrogen-bond donors (Lipinski definition) is 0. The largest absolute Gasteiger partial charge is 0.375 e. The van der Waals surface area contributed by atoms with Crippen LogP contribution in [0.25, 0.3) is 0 Å². The van der Waals surface area contributed by atoms with E-state index < -0.39 is 0 Å². The maximum absolute atomic E-state index is 11.9. The lowest BCUT2D eigenvalue weighted by Crippen LogP contribution is -2.54. The molecule has 2 aliphatic heterocycles. The number of carbonyl (C=O) groups excluding carboxylic acids is 1. The SMILES string of the molecule is CCN(C(C)=O)C1CCOC2(CCN(Cc3ccccn3)CC2)C1. The van der Waals surface area contributed by atoms with Gasteiger partial charge in [0.15, 0.2) is 0 Å². The number of aromatic nitrogens is 1. The summed E-state index contributed by atoms with van der Waals surface area (Å²) < 4.78 is 6.23. The fourth-order valence-corrected chi connectivity index (χ4v) is 4.19.